The topological polar surface area (TPSA) is 45.8 Å². The van der Waals surface area contributed by atoms with E-state index >= 15 is 0 Å². The third kappa shape index (κ3) is 3.03. The SMILES string of the molecule is CCCCCCc1nc2c(C)c(C)ccc2c(=O)[nH]1. The summed E-state index contributed by atoms with van der Waals surface area (Å²) in [6.45, 7) is 6.28. The van der Waals surface area contributed by atoms with Gasteiger partial charge in [-0.05, 0) is 37.5 Å². The van der Waals surface area contributed by atoms with Gasteiger partial charge in [0.15, 0.2) is 0 Å². The van der Waals surface area contributed by atoms with Crippen LogP contribution in [0, 0.1) is 13.8 Å². The van der Waals surface area contributed by atoms with E-state index in [1.165, 1.54) is 24.8 Å². The van der Waals surface area contributed by atoms with Crippen LogP contribution in [0.4, 0.5) is 0 Å². The molecule has 0 aliphatic heterocycles. The highest BCUT2D eigenvalue weighted by Gasteiger charge is 2.07. The molecule has 19 heavy (non-hydrogen) atoms. The minimum Gasteiger partial charge on any atom is -0.310 e. The molecule has 0 atom stereocenters. The van der Waals surface area contributed by atoms with Crippen LogP contribution in [0.15, 0.2) is 16.9 Å². The van der Waals surface area contributed by atoms with Crippen molar-refractivity contribution in [2.45, 2.75) is 52.9 Å². The second-order valence-electron chi connectivity index (χ2n) is 5.23. The van der Waals surface area contributed by atoms with Crippen molar-refractivity contribution in [3.8, 4) is 0 Å². The van der Waals surface area contributed by atoms with Gasteiger partial charge in [-0.3, -0.25) is 4.79 Å². The molecule has 2 rings (SSSR count). The van der Waals surface area contributed by atoms with Gasteiger partial charge in [0, 0.05) is 6.42 Å². The van der Waals surface area contributed by atoms with Crippen LogP contribution in [0.5, 0.6) is 0 Å². The molecule has 2 aromatic rings. The predicted octanol–water partition coefficient (Wildman–Crippen LogP) is 3.66. The van der Waals surface area contributed by atoms with E-state index in [1.807, 2.05) is 19.1 Å². The Morgan fingerprint density at radius 2 is 1.95 bits per heavy atom. The molecule has 0 fully saturated rings. The number of hydrogen-bond donors (Lipinski definition) is 1. The van der Waals surface area contributed by atoms with Crippen molar-refractivity contribution in [2.24, 2.45) is 0 Å². The van der Waals surface area contributed by atoms with E-state index in [1.54, 1.807) is 0 Å². The van der Waals surface area contributed by atoms with Gasteiger partial charge in [-0.1, -0.05) is 32.3 Å². The summed E-state index contributed by atoms with van der Waals surface area (Å²) in [5.74, 6) is 0.822. The summed E-state index contributed by atoms with van der Waals surface area (Å²) < 4.78 is 0. The molecule has 0 saturated heterocycles. The number of nitrogens with zero attached hydrogens (tertiary/aromatic N) is 1. The van der Waals surface area contributed by atoms with Gasteiger partial charge < -0.3 is 4.98 Å². The minimum absolute atomic E-state index is 0.0152. The zero-order valence-electron chi connectivity index (χ0n) is 12.0. The molecule has 0 bridgehead atoms. The lowest BCUT2D eigenvalue weighted by molar-refractivity contribution is 0.652. The molecule has 0 aliphatic rings. The number of unbranched alkanes of at least 4 members (excludes halogenated alkanes) is 3. The maximum absolute atomic E-state index is 12.1. The number of aromatic amines is 1. The number of H-pyrrole nitrogens is 1. The van der Waals surface area contributed by atoms with E-state index < -0.39 is 0 Å². The van der Waals surface area contributed by atoms with E-state index in [0.717, 1.165) is 29.7 Å². The number of aromatic nitrogens is 2. The minimum atomic E-state index is -0.0152. The van der Waals surface area contributed by atoms with Crippen LogP contribution in [0.25, 0.3) is 10.9 Å². The Labute approximate surface area is 114 Å². The Balaban J connectivity index is 2.32. The zero-order valence-corrected chi connectivity index (χ0v) is 12.0. The predicted molar refractivity (Wildman–Crippen MR) is 79.7 cm³/mol. The van der Waals surface area contributed by atoms with E-state index in [9.17, 15) is 4.79 Å². The first-order valence-corrected chi connectivity index (χ1v) is 7.12. The Morgan fingerprint density at radius 3 is 2.68 bits per heavy atom. The molecule has 102 valence electrons. The number of hydrogen-bond acceptors (Lipinski definition) is 2. The summed E-state index contributed by atoms with van der Waals surface area (Å²) in [7, 11) is 0. The van der Waals surface area contributed by atoms with Crippen LogP contribution >= 0.6 is 0 Å². The van der Waals surface area contributed by atoms with Crippen molar-refractivity contribution in [1.82, 2.24) is 9.97 Å². The van der Waals surface area contributed by atoms with E-state index in [-0.39, 0.29) is 5.56 Å². The van der Waals surface area contributed by atoms with Crippen LogP contribution in [-0.4, -0.2) is 9.97 Å². The summed E-state index contributed by atoms with van der Waals surface area (Å²) in [5.41, 5.74) is 3.13. The van der Waals surface area contributed by atoms with Gasteiger partial charge in [-0.2, -0.15) is 0 Å². The largest absolute Gasteiger partial charge is 0.310 e. The first-order chi connectivity index (χ1) is 9.13. The zero-order chi connectivity index (χ0) is 13.8. The first-order valence-electron chi connectivity index (χ1n) is 7.12. The average molecular weight is 258 g/mol. The second-order valence-corrected chi connectivity index (χ2v) is 5.23. The number of rotatable bonds is 5. The fourth-order valence-electron chi connectivity index (χ4n) is 2.33. The van der Waals surface area contributed by atoms with Crippen molar-refractivity contribution in [3.05, 3.63) is 39.4 Å². The van der Waals surface area contributed by atoms with Gasteiger partial charge in [-0.15, -0.1) is 0 Å². The van der Waals surface area contributed by atoms with Gasteiger partial charge in [0.1, 0.15) is 5.82 Å². The molecule has 0 unspecified atom stereocenters. The summed E-state index contributed by atoms with van der Waals surface area (Å²) in [6, 6.07) is 3.85. The Morgan fingerprint density at radius 1 is 1.16 bits per heavy atom. The lowest BCUT2D eigenvalue weighted by Gasteiger charge is -2.07. The van der Waals surface area contributed by atoms with Crippen LogP contribution in [-0.2, 0) is 6.42 Å². The van der Waals surface area contributed by atoms with Gasteiger partial charge >= 0.3 is 0 Å². The maximum atomic E-state index is 12.1. The molecule has 3 heteroatoms. The van der Waals surface area contributed by atoms with Crippen molar-refractivity contribution >= 4 is 10.9 Å². The number of fused-ring (bicyclic) bond motifs is 1. The van der Waals surface area contributed by atoms with Crippen LogP contribution in [0.3, 0.4) is 0 Å². The number of benzene rings is 1. The molecule has 0 saturated carbocycles. The monoisotopic (exact) mass is 258 g/mol. The first kappa shape index (κ1) is 13.8. The Bertz CT molecular complexity index is 628. The summed E-state index contributed by atoms with van der Waals surface area (Å²) in [6.07, 6.45) is 5.62. The molecule has 1 aromatic heterocycles. The average Bonchev–Trinajstić information content (AvgIpc) is 2.39. The fourth-order valence-corrected chi connectivity index (χ4v) is 2.33. The summed E-state index contributed by atoms with van der Waals surface area (Å²) in [5, 5.41) is 0.695. The van der Waals surface area contributed by atoms with Gasteiger partial charge in [0.05, 0.1) is 10.9 Å². The van der Waals surface area contributed by atoms with Crippen molar-refractivity contribution in [1.29, 1.82) is 0 Å². The quantitative estimate of drug-likeness (QED) is 0.832. The maximum Gasteiger partial charge on any atom is 0.258 e. The standard InChI is InChI=1S/C16H22N2O/c1-4-5-6-7-8-14-17-15-12(3)11(2)9-10-13(15)16(19)18-14/h9-10H,4-8H2,1-3H3,(H,17,18,19). The molecular weight excluding hydrogens is 236 g/mol. The fraction of sp³-hybridized carbons (Fsp3) is 0.500. The van der Waals surface area contributed by atoms with E-state index in [2.05, 4.69) is 23.8 Å². The van der Waals surface area contributed by atoms with Crippen molar-refractivity contribution in [2.75, 3.05) is 0 Å². The molecule has 1 N–H and O–H groups in total. The lowest BCUT2D eigenvalue weighted by Crippen LogP contribution is -2.12. The smallest absolute Gasteiger partial charge is 0.258 e. The molecule has 1 aromatic carbocycles. The Hall–Kier alpha value is -1.64. The van der Waals surface area contributed by atoms with E-state index in [4.69, 9.17) is 0 Å². The highest BCUT2D eigenvalue weighted by Crippen LogP contribution is 2.17. The molecule has 1 heterocycles. The van der Waals surface area contributed by atoms with Crippen molar-refractivity contribution < 1.29 is 0 Å². The van der Waals surface area contributed by atoms with Crippen molar-refractivity contribution in [3.63, 3.8) is 0 Å². The van der Waals surface area contributed by atoms with Crippen LogP contribution in [0.1, 0.15) is 49.6 Å². The third-order valence-electron chi connectivity index (χ3n) is 3.72. The molecular formula is C16H22N2O. The molecule has 3 nitrogen and oxygen atoms in total. The van der Waals surface area contributed by atoms with Gasteiger partial charge in [0.2, 0.25) is 0 Å². The summed E-state index contributed by atoms with van der Waals surface area (Å²) >= 11 is 0. The van der Waals surface area contributed by atoms with Crippen LogP contribution in [0.2, 0.25) is 0 Å². The normalized spacial score (nSPS) is 11.1. The number of nitrogens with one attached hydrogen (secondary N) is 1. The highest BCUT2D eigenvalue weighted by atomic mass is 16.1. The van der Waals surface area contributed by atoms with E-state index in [0.29, 0.717) is 5.39 Å². The highest BCUT2D eigenvalue weighted by molar-refractivity contribution is 5.81. The van der Waals surface area contributed by atoms with Gasteiger partial charge in [0.25, 0.3) is 5.56 Å². The lowest BCUT2D eigenvalue weighted by atomic mass is 10.1. The Kier molecular flexibility index (Phi) is 4.35. The van der Waals surface area contributed by atoms with Gasteiger partial charge in [-0.25, -0.2) is 4.98 Å². The number of aryl methyl sites for hydroxylation is 3. The van der Waals surface area contributed by atoms with Crippen LogP contribution < -0.4 is 5.56 Å². The second kappa shape index (κ2) is 6.00. The summed E-state index contributed by atoms with van der Waals surface area (Å²) in [4.78, 5) is 19.6. The molecule has 0 aliphatic carbocycles. The molecule has 0 spiro atoms. The third-order valence-corrected chi connectivity index (χ3v) is 3.72. The molecule has 0 radical (unpaired) electrons. The molecule has 0 amide bonds.